The van der Waals surface area contributed by atoms with Gasteiger partial charge in [-0.3, -0.25) is 9.98 Å². The summed E-state index contributed by atoms with van der Waals surface area (Å²) in [6, 6.07) is 62.4. The molecule has 1 unspecified atom stereocenters. The molecule has 254 valence electrons. The standard InChI is InChI=1S/C50H33N3O/c1-3-13-32(14-4-1)44-31-45(53-49(52-44)34-15-5-2-6-16-34)36-25-27-47-43(30-36)50(40-22-9-7-19-38(40)39-20-8-10-23-41(39)50)42-29-35(24-26-46(42)54-47)37-21-11-17-33-18-12-28-51-48(33)37/h1-31,44H,(H,52,53). The topological polar surface area (TPSA) is 46.5 Å². The van der Waals surface area contributed by atoms with Gasteiger partial charge in [-0.2, -0.15) is 0 Å². The highest BCUT2D eigenvalue weighted by Crippen LogP contribution is 2.62. The van der Waals surface area contributed by atoms with Crippen LogP contribution in [0.3, 0.4) is 0 Å². The average Bonchev–Trinajstić information content (AvgIpc) is 3.54. The molecule has 1 aliphatic carbocycles. The lowest BCUT2D eigenvalue weighted by Gasteiger charge is -2.40. The van der Waals surface area contributed by atoms with Crippen molar-refractivity contribution in [2.24, 2.45) is 4.99 Å². The maximum Gasteiger partial charge on any atom is 0.133 e. The van der Waals surface area contributed by atoms with Crippen molar-refractivity contribution in [3.8, 4) is 33.8 Å². The van der Waals surface area contributed by atoms with Gasteiger partial charge in [0.15, 0.2) is 0 Å². The van der Waals surface area contributed by atoms with Crippen LogP contribution in [0.5, 0.6) is 11.5 Å². The molecular formula is C50H33N3O. The predicted octanol–water partition coefficient (Wildman–Crippen LogP) is 11.5. The highest BCUT2D eigenvalue weighted by atomic mass is 16.5. The van der Waals surface area contributed by atoms with Crippen LogP contribution >= 0.6 is 0 Å². The summed E-state index contributed by atoms with van der Waals surface area (Å²) in [5.74, 6) is 2.56. The molecule has 7 aromatic carbocycles. The number of benzene rings is 7. The molecule has 1 atom stereocenters. The minimum absolute atomic E-state index is 0.149. The zero-order chi connectivity index (χ0) is 35.6. The molecule has 2 aliphatic heterocycles. The first-order valence-corrected chi connectivity index (χ1v) is 18.4. The third-order valence-electron chi connectivity index (χ3n) is 11.2. The van der Waals surface area contributed by atoms with Crippen molar-refractivity contribution in [3.63, 3.8) is 0 Å². The van der Waals surface area contributed by atoms with Gasteiger partial charge in [0.05, 0.1) is 17.0 Å². The zero-order valence-electron chi connectivity index (χ0n) is 29.3. The first kappa shape index (κ1) is 30.6. The van der Waals surface area contributed by atoms with E-state index in [1.807, 2.05) is 18.3 Å². The third kappa shape index (κ3) is 4.56. The van der Waals surface area contributed by atoms with Crippen LogP contribution in [0.4, 0.5) is 0 Å². The van der Waals surface area contributed by atoms with Crippen molar-refractivity contribution in [2.45, 2.75) is 11.5 Å². The molecule has 8 aromatic rings. The number of fused-ring (bicyclic) bond motifs is 10. The SMILES string of the molecule is C1=C(c2ccc3c(c2)C2(c4cc(-c5cccc6cccnc56)ccc4O3)c3ccccc3-c3ccccc32)NC(c2ccccc2)=NC1c1ccccc1. The lowest BCUT2D eigenvalue weighted by atomic mass is 9.65. The van der Waals surface area contributed by atoms with Gasteiger partial charge < -0.3 is 10.1 Å². The number of amidine groups is 1. The van der Waals surface area contributed by atoms with Gasteiger partial charge >= 0.3 is 0 Å². The molecule has 11 rings (SSSR count). The molecule has 0 amide bonds. The summed E-state index contributed by atoms with van der Waals surface area (Å²) in [5.41, 5.74) is 14.0. The normalized spacial score (nSPS) is 15.9. The lowest BCUT2D eigenvalue weighted by Crippen LogP contribution is -2.33. The highest BCUT2D eigenvalue weighted by molar-refractivity contribution is 6.05. The molecule has 0 saturated heterocycles. The van der Waals surface area contributed by atoms with Crippen LogP contribution in [0.15, 0.2) is 193 Å². The monoisotopic (exact) mass is 691 g/mol. The number of hydrogen-bond acceptors (Lipinski definition) is 4. The largest absolute Gasteiger partial charge is 0.457 e. The molecular weight excluding hydrogens is 659 g/mol. The average molecular weight is 692 g/mol. The fourth-order valence-electron chi connectivity index (χ4n) is 8.84. The fraction of sp³-hybridized carbons (Fsp3) is 0.0400. The quantitative estimate of drug-likeness (QED) is 0.200. The number of pyridine rings is 1. The predicted molar refractivity (Wildman–Crippen MR) is 218 cm³/mol. The van der Waals surface area contributed by atoms with Crippen LogP contribution in [0.1, 0.15) is 45.0 Å². The van der Waals surface area contributed by atoms with Gasteiger partial charge in [-0.25, -0.2) is 0 Å². The van der Waals surface area contributed by atoms with Crippen molar-refractivity contribution < 1.29 is 4.74 Å². The molecule has 4 nitrogen and oxygen atoms in total. The van der Waals surface area contributed by atoms with E-state index >= 15 is 0 Å². The number of nitrogens with zero attached hydrogens (tertiary/aromatic N) is 2. The van der Waals surface area contributed by atoms with E-state index in [4.69, 9.17) is 14.7 Å². The van der Waals surface area contributed by atoms with E-state index in [-0.39, 0.29) is 6.04 Å². The third-order valence-corrected chi connectivity index (χ3v) is 11.2. The van der Waals surface area contributed by atoms with Crippen molar-refractivity contribution in [1.29, 1.82) is 0 Å². The maximum atomic E-state index is 6.92. The molecule has 1 spiro atoms. The summed E-state index contributed by atoms with van der Waals surface area (Å²) in [6.07, 6.45) is 4.12. The molecule has 0 fully saturated rings. The smallest absolute Gasteiger partial charge is 0.133 e. The first-order valence-electron chi connectivity index (χ1n) is 18.4. The van der Waals surface area contributed by atoms with E-state index in [1.165, 1.54) is 22.3 Å². The number of hydrogen-bond donors (Lipinski definition) is 1. The molecule has 3 heterocycles. The number of aliphatic imine (C=N–C) groups is 1. The summed E-state index contributed by atoms with van der Waals surface area (Å²) < 4.78 is 6.92. The Kier molecular flexibility index (Phi) is 6.80. The Labute approximate surface area is 313 Å². The van der Waals surface area contributed by atoms with Gasteiger partial charge in [-0.05, 0) is 81.4 Å². The van der Waals surface area contributed by atoms with Crippen molar-refractivity contribution >= 4 is 22.4 Å². The van der Waals surface area contributed by atoms with Gasteiger partial charge in [0.2, 0.25) is 0 Å². The van der Waals surface area contributed by atoms with Gasteiger partial charge in [-0.1, -0.05) is 140 Å². The number of ether oxygens (including phenoxy) is 1. The van der Waals surface area contributed by atoms with E-state index in [0.29, 0.717) is 0 Å². The van der Waals surface area contributed by atoms with E-state index in [2.05, 4.69) is 175 Å². The van der Waals surface area contributed by atoms with Gasteiger partial charge in [0.25, 0.3) is 0 Å². The summed E-state index contributed by atoms with van der Waals surface area (Å²) in [5, 5.41) is 4.86. The van der Waals surface area contributed by atoms with Gasteiger partial charge in [-0.15, -0.1) is 0 Å². The molecule has 0 saturated carbocycles. The number of rotatable bonds is 4. The van der Waals surface area contributed by atoms with Crippen molar-refractivity contribution in [2.75, 3.05) is 0 Å². The summed E-state index contributed by atoms with van der Waals surface area (Å²) in [4.78, 5) is 10.0. The molecule has 1 N–H and O–H groups in total. The summed E-state index contributed by atoms with van der Waals surface area (Å²) in [6.45, 7) is 0. The minimum Gasteiger partial charge on any atom is -0.457 e. The second-order valence-electron chi connectivity index (χ2n) is 14.2. The maximum absolute atomic E-state index is 6.92. The highest BCUT2D eigenvalue weighted by Gasteiger charge is 2.51. The van der Waals surface area contributed by atoms with Crippen LogP contribution in [0.2, 0.25) is 0 Å². The Bertz CT molecular complexity index is 2790. The Balaban J connectivity index is 1.15. The van der Waals surface area contributed by atoms with Crippen LogP contribution in [0, 0.1) is 0 Å². The van der Waals surface area contributed by atoms with Crippen molar-refractivity contribution in [1.82, 2.24) is 10.3 Å². The Morgan fingerprint density at radius 2 is 1.11 bits per heavy atom. The van der Waals surface area contributed by atoms with Crippen LogP contribution in [0.25, 0.3) is 38.9 Å². The Morgan fingerprint density at radius 1 is 0.500 bits per heavy atom. The zero-order valence-corrected chi connectivity index (χ0v) is 29.3. The number of para-hydroxylation sites is 1. The summed E-state index contributed by atoms with van der Waals surface area (Å²) >= 11 is 0. The second kappa shape index (κ2) is 12.0. The molecule has 1 aromatic heterocycles. The van der Waals surface area contributed by atoms with E-state index < -0.39 is 5.41 Å². The second-order valence-corrected chi connectivity index (χ2v) is 14.2. The van der Waals surface area contributed by atoms with Crippen LogP contribution in [-0.4, -0.2) is 10.8 Å². The number of aromatic nitrogens is 1. The fourth-order valence-corrected chi connectivity index (χ4v) is 8.84. The van der Waals surface area contributed by atoms with Crippen molar-refractivity contribution in [3.05, 3.63) is 227 Å². The first-order chi connectivity index (χ1) is 26.8. The van der Waals surface area contributed by atoms with Crippen LogP contribution < -0.4 is 10.1 Å². The molecule has 0 bridgehead atoms. The summed E-state index contributed by atoms with van der Waals surface area (Å²) in [7, 11) is 0. The Hall–Kier alpha value is -7.04. The number of nitrogens with one attached hydrogen (secondary N) is 1. The van der Waals surface area contributed by atoms with Gasteiger partial charge in [0, 0.05) is 39.5 Å². The molecule has 0 radical (unpaired) electrons. The van der Waals surface area contributed by atoms with E-state index in [0.717, 1.165) is 72.9 Å². The minimum atomic E-state index is -0.634. The van der Waals surface area contributed by atoms with Gasteiger partial charge in [0.1, 0.15) is 17.3 Å². The van der Waals surface area contributed by atoms with E-state index in [1.54, 1.807) is 0 Å². The van der Waals surface area contributed by atoms with Crippen LogP contribution in [-0.2, 0) is 5.41 Å². The lowest BCUT2D eigenvalue weighted by molar-refractivity contribution is 0.436. The molecule has 4 heteroatoms. The van der Waals surface area contributed by atoms with E-state index in [9.17, 15) is 0 Å². The molecule has 3 aliphatic rings. The molecule has 54 heavy (non-hydrogen) atoms. The Morgan fingerprint density at radius 3 is 1.85 bits per heavy atom.